The van der Waals surface area contributed by atoms with Gasteiger partial charge in [0.05, 0.1) is 6.10 Å². The van der Waals surface area contributed by atoms with Crippen LogP contribution < -0.4 is 0 Å². The van der Waals surface area contributed by atoms with Gasteiger partial charge in [0, 0.05) is 18.9 Å². The van der Waals surface area contributed by atoms with E-state index in [2.05, 4.69) is 0 Å². The predicted molar refractivity (Wildman–Crippen MR) is 50.3 cm³/mol. The Morgan fingerprint density at radius 2 is 2.36 bits per heavy atom. The second-order valence-corrected chi connectivity index (χ2v) is 3.84. The van der Waals surface area contributed by atoms with Gasteiger partial charge < -0.3 is 4.74 Å². The fourth-order valence-electron chi connectivity index (χ4n) is 2.07. The SMILES string of the molecule is FC(F)CC1=CC2CCCOC2C=C1. The Hall–Kier alpha value is -0.700. The molecule has 0 aromatic rings. The molecule has 0 bridgehead atoms. The predicted octanol–water partition coefficient (Wildman–Crippen LogP) is 2.93. The van der Waals surface area contributed by atoms with Gasteiger partial charge in [-0.3, -0.25) is 0 Å². The van der Waals surface area contributed by atoms with E-state index in [0.717, 1.165) is 25.0 Å². The van der Waals surface area contributed by atoms with Crippen molar-refractivity contribution in [3.63, 3.8) is 0 Å². The number of allylic oxidation sites excluding steroid dienone is 2. The lowest BCUT2D eigenvalue weighted by molar-refractivity contribution is 0.0180. The number of hydrogen-bond donors (Lipinski definition) is 0. The van der Waals surface area contributed by atoms with Gasteiger partial charge in [-0.25, -0.2) is 8.78 Å². The molecule has 1 aliphatic carbocycles. The third kappa shape index (κ3) is 2.21. The molecule has 14 heavy (non-hydrogen) atoms. The molecule has 0 saturated carbocycles. The van der Waals surface area contributed by atoms with Gasteiger partial charge in [-0.2, -0.15) is 0 Å². The Kier molecular flexibility index (Phi) is 2.96. The van der Waals surface area contributed by atoms with Crippen LogP contribution in [0.1, 0.15) is 19.3 Å². The zero-order valence-corrected chi connectivity index (χ0v) is 7.96. The Morgan fingerprint density at radius 1 is 1.50 bits per heavy atom. The van der Waals surface area contributed by atoms with Gasteiger partial charge in [0.2, 0.25) is 6.43 Å². The summed E-state index contributed by atoms with van der Waals surface area (Å²) in [5.41, 5.74) is 0.756. The Morgan fingerprint density at radius 3 is 3.14 bits per heavy atom. The van der Waals surface area contributed by atoms with Crippen LogP contribution in [0, 0.1) is 5.92 Å². The molecule has 1 heterocycles. The highest BCUT2D eigenvalue weighted by Gasteiger charge is 2.25. The summed E-state index contributed by atoms with van der Waals surface area (Å²) in [6.07, 6.45) is 5.50. The van der Waals surface area contributed by atoms with Gasteiger partial charge in [0.1, 0.15) is 0 Å². The van der Waals surface area contributed by atoms with Crippen molar-refractivity contribution in [1.82, 2.24) is 0 Å². The van der Waals surface area contributed by atoms with Crippen molar-refractivity contribution < 1.29 is 13.5 Å². The molecule has 0 aromatic carbocycles. The Bertz CT molecular complexity index is 258. The maximum Gasteiger partial charge on any atom is 0.242 e. The van der Waals surface area contributed by atoms with E-state index >= 15 is 0 Å². The lowest BCUT2D eigenvalue weighted by Gasteiger charge is -2.30. The highest BCUT2D eigenvalue weighted by Crippen LogP contribution is 2.29. The molecule has 1 aliphatic heterocycles. The lowest BCUT2D eigenvalue weighted by atomic mass is 9.87. The molecule has 2 atom stereocenters. The van der Waals surface area contributed by atoms with Gasteiger partial charge >= 0.3 is 0 Å². The summed E-state index contributed by atoms with van der Waals surface area (Å²) >= 11 is 0. The Balaban J connectivity index is 2.01. The zero-order valence-electron chi connectivity index (χ0n) is 7.96. The summed E-state index contributed by atoms with van der Waals surface area (Å²) in [7, 11) is 0. The van der Waals surface area contributed by atoms with E-state index in [1.807, 2.05) is 12.2 Å². The molecule has 1 saturated heterocycles. The second kappa shape index (κ2) is 4.22. The first-order valence-corrected chi connectivity index (χ1v) is 5.04. The van der Waals surface area contributed by atoms with Crippen molar-refractivity contribution in [3.05, 3.63) is 23.8 Å². The van der Waals surface area contributed by atoms with Crippen molar-refractivity contribution in [3.8, 4) is 0 Å². The number of fused-ring (bicyclic) bond motifs is 1. The molecular formula is C11H14F2O. The van der Waals surface area contributed by atoms with Crippen molar-refractivity contribution in [2.45, 2.75) is 31.8 Å². The average Bonchev–Trinajstić information content (AvgIpc) is 2.17. The minimum absolute atomic E-state index is 0.125. The Labute approximate surface area is 82.4 Å². The molecule has 0 N–H and O–H groups in total. The van der Waals surface area contributed by atoms with Crippen LogP contribution in [-0.2, 0) is 4.74 Å². The van der Waals surface area contributed by atoms with E-state index in [4.69, 9.17) is 4.74 Å². The first-order valence-electron chi connectivity index (χ1n) is 5.04. The molecule has 2 aliphatic rings. The van der Waals surface area contributed by atoms with Gasteiger partial charge in [0.25, 0.3) is 0 Å². The van der Waals surface area contributed by atoms with Crippen LogP contribution >= 0.6 is 0 Å². The highest BCUT2D eigenvalue weighted by atomic mass is 19.3. The van der Waals surface area contributed by atoms with Crippen LogP contribution in [0.4, 0.5) is 8.78 Å². The molecule has 3 heteroatoms. The van der Waals surface area contributed by atoms with E-state index in [9.17, 15) is 8.78 Å². The molecule has 0 spiro atoms. The van der Waals surface area contributed by atoms with Gasteiger partial charge in [0.15, 0.2) is 0 Å². The molecule has 2 rings (SSSR count). The fourth-order valence-corrected chi connectivity index (χ4v) is 2.07. The van der Waals surface area contributed by atoms with E-state index in [1.165, 1.54) is 0 Å². The largest absolute Gasteiger partial charge is 0.374 e. The summed E-state index contributed by atoms with van der Waals surface area (Å²) in [5.74, 6) is 0.322. The van der Waals surface area contributed by atoms with E-state index in [1.54, 1.807) is 6.08 Å². The van der Waals surface area contributed by atoms with E-state index in [-0.39, 0.29) is 12.5 Å². The molecular weight excluding hydrogens is 186 g/mol. The third-order valence-electron chi connectivity index (χ3n) is 2.73. The topological polar surface area (TPSA) is 9.23 Å². The lowest BCUT2D eigenvalue weighted by Crippen LogP contribution is -2.28. The maximum atomic E-state index is 12.1. The van der Waals surface area contributed by atoms with E-state index in [0.29, 0.717) is 5.92 Å². The van der Waals surface area contributed by atoms with Crippen LogP contribution in [-0.4, -0.2) is 19.1 Å². The van der Waals surface area contributed by atoms with Crippen LogP contribution in [0.15, 0.2) is 23.8 Å². The first-order chi connectivity index (χ1) is 6.75. The minimum Gasteiger partial charge on any atom is -0.374 e. The first kappa shape index (κ1) is 9.84. The maximum absolute atomic E-state index is 12.1. The summed E-state index contributed by atoms with van der Waals surface area (Å²) in [6, 6.07) is 0. The van der Waals surface area contributed by atoms with Crippen LogP contribution in [0.5, 0.6) is 0 Å². The monoisotopic (exact) mass is 200 g/mol. The number of hydrogen-bond acceptors (Lipinski definition) is 1. The van der Waals surface area contributed by atoms with Crippen LogP contribution in [0.3, 0.4) is 0 Å². The average molecular weight is 200 g/mol. The second-order valence-electron chi connectivity index (χ2n) is 3.84. The normalized spacial score (nSPS) is 31.5. The van der Waals surface area contributed by atoms with Gasteiger partial charge in [-0.05, 0) is 18.4 Å². The fraction of sp³-hybridized carbons (Fsp3) is 0.636. The van der Waals surface area contributed by atoms with E-state index < -0.39 is 6.43 Å². The zero-order chi connectivity index (χ0) is 9.97. The molecule has 1 fully saturated rings. The smallest absolute Gasteiger partial charge is 0.242 e. The van der Waals surface area contributed by atoms with Gasteiger partial charge in [-0.1, -0.05) is 18.2 Å². The van der Waals surface area contributed by atoms with Crippen LogP contribution in [0.25, 0.3) is 0 Å². The third-order valence-corrected chi connectivity index (χ3v) is 2.73. The molecule has 78 valence electrons. The molecule has 0 radical (unpaired) electrons. The quantitative estimate of drug-likeness (QED) is 0.666. The number of alkyl halides is 2. The molecule has 0 amide bonds. The van der Waals surface area contributed by atoms with Crippen molar-refractivity contribution in [2.75, 3.05) is 6.61 Å². The van der Waals surface area contributed by atoms with Crippen molar-refractivity contribution in [2.24, 2.45) is 5.92 Å². The standard InChI is InChI=1S/C11H14F2O/c12-11(13)7-8-3-4-10-9(6-8)2-1-5-14-10/h3-4,6,9-11H,1-2,5,7H2. The summed E-state index contributed by atoms with van der Waals surface area (Å²) in [4.78, 5) is 0. The number of ether oxygens (including phenoxy) is 1. The van der Waals surface area contributed by atoms with Gasteiger partial charge in [-0.15, -0.1) is 0 Å². The molecule has 0 aromatic heterocycles. The van der Waals surface area contributed by atoms with Crippen molar-refractivity contribution in [1.29, 1.82) is 0 Å². The minimum atomic E-state index is -2.24. The van der Waals surface area contributed by atoms with Crippen molar-refractivity contribution >= 4 is 0 Å². The summed E-state index contributed by atoms with van der Waals surface area (Å²) in [5, 5.41) is 0. The summed E-state index contributed by atoms with van der Waals surface area (Å²) < 4.78 is 29.8. The highest BCUT2D eigenvalue weighted by molar-refractivity contribution is 5.27. The van der Waals surface area contributed by atoms with Crippen LogP contribution in [0.2, 0.25) is 0 Å². The molecule has 1 nitrogen and oxygen atoms in total. The molecule has 2 unspecified atom stereocenters. The number of halogens is 2. The summed E-state index contributed by atoms with van der Waals surface area (Å²) in [6.45, 7) is 0.795. The number of rotatable bonds is 2.